The third-order valence-electron chi connectivity index (χ3n) is 22.1. The maximum Gasteiger partial charge on any atom is 1.00 e. The molecule has 6 aliphatic heterocycles. The van der Waals surface area contributed by atoms with Crippen LogP contribution in [0.4, 0.5) is 11.4 Å². The van der Waals surface area contributed by atoms with Crippen LogP contribution in [0.1, 0.15) is 201 Å². The first kappa shape index (κ1) is 135. The number of nitrogens with zero attached hydrogens (tertiary/aromatic N) is 10. The standard InChI is InChI=1S/C36H50N4O16S4.C32H47N3O14S4.C9H16N3O3.CH4.6Na/c1-26-35(2,18-8-22-58(45,46)47)31(39(37-26)21-10-24-60(51,52)53)12-7-11-30-36(3,19-9-23-59(48,49)50)28-25-27(57-56-55-44)14-15-29(28)38(30)20-6-4-5-13-34(43)54-40-32(41)16-17-33(40)42;1-24-31(2,16-8-20-51(39,40)41)29(35(33-24)19-10-22-53(45,46)47)12-7-11-28-32(3,17-9-21-52(42,43)44)26-23-25(50-49-48-38)14-15-27(26)34(28)18-6-4-5-13-30(36)37;1-10(2)9(11(3)4)15-12-7(13)5-6-8(12)14;;;;;;;/h7,11-12,14-15,25H,4-6,8-10,13,16-24H2,1-3H3,(H3-,44,45,46,47,48,49,50,51,52,53);7,11-12,14-15,23H,4-6,8-10,13,16-22H2,1-3H3,(H4-,36,37,38,39,40,41,42,43,44,45,46,47);5-6H2,1-4H3;1H4;;;;;;/q;;+1;;6*+1/p-6. The Balaban J connectivity index is 0. The smallest absolute Gasteiger partial charge is 0.748 e. The van der Waals surface area contributed by atoms with Gasteiger partial charge in [-0.3, -0.25) is 48.9 Å². The van der Waals surface area contributed by atoms with Crippen molar-refractivity contribution in [1.29, 1.82) is 0 Å². The molecule has 57 heteroatoms. The van der Waals surface area contributed by atoms with Gasteiger partial charge in [-0.25, -0.2) is 64.8 Å². The fourth-order valence-corrected chi connectivity index (χ4v) is 19.4. The van der Waals surface area contributed by atoms with Crippen LogP contribution in [-0.2, 0) is 129 Å². The average molecular weight is 2110 g/mol. The zero-order chi connectivity index (χ0) is 95.8. The number of imide groups is 2. The van der Waals surface area contributed by atoms with E-state index in [4.69, 9.17) is 14.8 Å². The molecule has 4 atom stereocenters. The van der Waals surface area contributed by atoms with Gasteiger partial charge in [0.2, 0.25) is 11.4 Å². The monoisotopic (exact) mass is 2110 g/mol. The molecule has 4 amide bonds. The Morgan fingerprint density at radius 1 is 0.481 bits per heavy atom. The third-order valence-corrected chi connectivity index (χ3v) is 27.9. The number of allylic oxidation sites excluding steroid dienone is 8. The van der Waals surface area contributed by atoms with E-state index in [0.29, 0.717) is 142 Å². The molecule has 2 aromatic carbocycles. The number of carboxylic acid groups (broad SMARTS) is 1. The minimum atomic E-state index is -4.59. The molecule has 724 valence electrons. The molecule has 2 saturated heterocycles. The van der Waals surface area contributed by atoms with Gasteiger partial charge in [-0.1, -0.05) is 24.6 Å². The quantitative estimate of drug-likeness (QED) is 0.00614. The van der Waals surface area contributed by atoms with E-state index >= 15 is 0 Å². The summed E-state index contributed by atoms with van der Waals surface area (Å²) in [7, 11) is -20.1. The summed E-state index contributed by atoms with van der Waals surface area (Å²) in [5.74, 6) is -7.17. The topological polar surface area (TPSA) is 617 Å². The van der Waals surface area contributed by atoms with Gasteiger partial charge in [-0.2, -0.15) is 28.0 Å². The van der Waals surface area contributed by atoms with Gasteiger partial charge >= 0.3 is 195 Å². The zero-order valence-electron chi connectivity index (χ0n) is 78.3. The Morgan fingerprint density at radius 2 is 0.793 bits per heavy atom. The fourth-order valence-electron chi connectivity index (χ4n) is 15.6. The molecule has 0 bridgehead atoms. The molecule has 6 aliphatic rings. The number of unbranched alkanes of at least 4 members (excludes halogenated alkanes) is 4. The van der Waals surface area contributed by atoms with Crippen LogP contribution in [0.2, 0.25) is 0 Å². The molecular formula is C78H111N10Na6O33S8+. The summed E-state index contributed by atoms with van der Waals surface area (Å²) < 4.78 is 221. The fraction of sp³-hybridized carbons (Fsp3) is 0.603. The van der Waals surface area contributed by atoms with Crippen molar-refractivity contribution in [3.63, 3.8) is 0 Å². The van der Waals surface area contributed by atoms with Crippen molar-refractivity contribution in [2.45, 2.75) is 211 Å². The molecule has 0 aliphatic carbocycles. The predicted octanol–water partition coefficient (Wildman–Crippen LogP) is -13.3. The summed E-state index contributed by atoms with van der Waals surface area (Å²) in [5, 5.41) is 50.9. The number of aliphatic carboxylic acids is 1. The molecule has 43 nitrogen and oxygen atoms in total. The number of benzene rings is 2. The van der Waals surface area contributed by atoms with Crippen LogP contribution in [0.25, 0.3) is 0 Å². The number of carbonyl (C=O) groups excluding carboxylic acids is 5. The van der Waals surface area contributed by atoms with Gasteiger partial charge in [0.1, 0.15) is 13.1 Å². The van der Waals surface area contributed by atoms with E-state index in [2.05, 4.69) is 28.9 Å². The van der Waals surface area contributed by atoms with E-state index in [-0.39, 0.29) is 312 Å². The minimum Gasteiger partial charge on any atom is -0.748 e. The predicted molar refractivity (Wildman–Crippen MR) is 459 cm³/mol. The van der Waals surface area contributed by atoms with Crippen LogP contribution < -0.4 is 188 Å². The van der Waals surface area contributed by atoms with Crippen LogP contribution in [0, 0.1) is 10.8 Å². The minimum absolute atomic E-state index is 0. The normalized spacial score (nSPS) is 19.9. The van der Waals surface area contributed by atoms with E-state index in [1.54, 1.807) is 136 Å². The number of hydroxylamine groups is 4. The second-order valence-corrected chi connectivity index (χ2v) is 42.8. The van der Waals surface area contributed by atoms with Gasteiger partial charge < -0.3 is 47.8 Å². The van der Waals surface area contributed by atoms with Crippen molar-refractivity contribution in [2.24, 2.45) is 21.0 Å². The maximum absolute atomic E-state index is 12.4. The van der Waals surface area contributed by atoms with Crippen molar-refractivity contribution in [2.75, 3.05) is 88.9 Å². The first-order valence-corrected chi connectivity index (χ1v) is 51.4. The van der Waals surface area contributed by atoms with Crippen molar-refractivity contribution in [3.8, 4) is 0 Å². The largest absolute Gasteiger partial charge is 1.00 e. The average Bonchev–Trinajstić information content (AvgIpc) is 1.59. The molecule has 8 rings (SSSR count). The Kier molecular flexibility index (Phi) is 60.9. The summed E-state index contributed by atoms with van der Waals surface area (Å²) in [6.07, 6.45) is 14.4. The number of amides is 4. The van der Waals surface area contributed by atoms with Crippen LogP contribution >= 0.6 is 24.1 Å². The third kappa shape index (κ3) is 43.0. The number of hydrazone groups is 2. The maximum atomic E-state index is 12.4. The SMILES string of the molecule is C.CC1=NN(CCCS(=O)(=O)[O-])/C(=C\C=C\C2=[N+](CCCCCC(=O)O)c3ccc(SOO[O-])cc3C2(C)CCCS(=O)(=O)[O-])C1(C)CCCS(=O)(=O)[O-].CC1=NN(CCCS(=O)(=O)[O-])/C(=C\C=C\C2=[N+](CCCCCC(=O)ON3C(=O)CCC3=O)c3ccc(SOO[O-])cc3C2(C)CCCS(=O)(=O)[O-])C1(C)CCCS(=O)(=O)[O-].CN(C)C(ON1C(=O)CCC1=O)=[N+](C)C.[Na+].[Na+].[Na+].[Na+].[Na+].[Na+]. The van der Waals surface area contributed by atoms with E-state index in [0.717, 1.165) is 16.3 Å². The molecule has 4 unspecified atom stereocenters. The number of carboxylic acids is 1. The molecule has 0 radical (unpaired) electrons. The zero-order valence-corrected chi connectivity index (χ0v) is 96.8. The molecule has 1 N–H and O–H groups in total. The van der Waals surface area contributed by atoms with Crippen molar-refractivity contribution >= 4 is 161 Å². The summed E-state index contributed by atoms with van der Waals surface area (Å²) in [4.78, 5) is 82.7. The molecule has 135 heavy (non-hydrogen) atoms. The number of hydrogen-bond acceptors (Lipinski definition) is 38. The van der Waals surface area contributed by atoms with Gasteiger partial charge in [0, 0.05) is 178 Å². The molecule has 0 aromatic heterocycles. The van der Waals surface area contributed by atoms with Gasteiger partial charge in [-0.05, 0) is 168 Å². The van der Waals surface area contributed by atoms with Crippen LogP contribution in [0.5, 0.6) is 0 Å². The number of amidine groups is 1. The van der Waals surface area contributed by atoms with Gasteiger partial charge in [-0.15, -0.1) is 5.06 Å². The van der Waals surface area contributed by atoms with Crippen LogP contribution in [-0.4, -0.2) is 275 Å². The first-order valence-electron chi connectivity index (χ1n) is 40.4. The Hall–Kier alpha value is -1.91. The van der Waals surface area contributed by atoms with Gasteiger partial charge in [0.05, 0.1) is 124 Å². The molecule has 6 heterocycles. The van der Waals surface area contributed by atoms with E-state index in [1.807, 2.05) is 29.9 Å². The summed E-state index contributed by atoms with van der Waals surface area (Å²) in [5.41, 5.74) is 2.82. The molecular weight excluding hydrogens is 2000 g/mol. The Labute approximate surface area is 931 Å². The van der Waals surface area contributed by atoms with Crippen LogP contribution in [0.3, 0.4) is 0 Å². The van der Waals surface area contributed by atoms with Crippen LogP contribution in [0.15, 0.2) is 104 Å². The van der Waals surface area contributed by atoms with Crippen molar-refractivity contribution < 1.29 is 342 Å². The van der Waals surface area contributed by atoms with Crippen molar-refractivity contribution in [3.05, 3.63) is 95.4 Å². The summed E-state index contributed by atoms with van der Waals surface area (Å²) in [6.45, 7) is 11.7. The van der Waals surface area contributed by atoms with Gasteiger partial charge in [0.15, 0.2) is 11.4 Å². The Morgan fingerprint density at radius 3 is 1.10 bits per heavy atom. The number of carbonyl (C=O) groups is 6. The van der Waals surface area contributed by atoms with Crippen molar-refractivity contribution in [1.82, 2.24) is 25.0 Å². The van der Waals surface area contributed by atoms with E-state index in [1.165, 1.54) is 5.01 Å². The van der Waals surface area contributed by atoms with E-state index < -0.39 is 141 Å². The Bertz CT molecular complexity index is 5430. The second kappa shape index (κ2) is 60.9. The summed E-state index contributed by atoms with van der Waals surface area (Å²) in [6, 6.07) is 10.9. The van der Waals surface area contributed by atoms with E-state index in [9.17, 15) is 117 Å². The number of rotatable bonds is 48. The second-order valence-electron chi connectivity index (χ2n) is 32.1. The number of fused-ring (bicyclic) bond motifs is 2. The van der Waals surface area contributed by atoms with Gasteiger partial charge in [0.25, 0.3) is 23.6 Å². The molecule has 0 spiro atoms. The first-order chi connectivity index (χ1) is 59.5. The molecule has 2 fully saturated rings. The summed E-state index contributed by atoms with van der Waals surface area (Å²) >= 11 is 1.32. The molecule has 2 aromatic rings. The molecule has 0 saturated carbocycles. The number of hydrogen-bond donors (Lipinski definition) is 1.